The highest BCUT2D eigenvalue weighted by Crippen LogP contribution is 2.29. The number of nitrogen functional groups attached to an aromatic ring is 1. The van der Waals surface area contributed by atoms with Crippen LogP contribution in [0.4, 0.5) is 5.82 Å². The van der Waals surface area contributed by atoms with E-state index in [-0.39, 0.29) is 0 Å². The van der Waals surface area contributed by atoms with Crippen LogP contribution in [0, 0.1) is 0 Å². The topological polar surface area (TPSA) is 61.0 Å². The number of hydrogen-bond acceptors (Lipinski definition) is 4. The first-order valence-corrected chi connectivity index (χ1v) is 6.10. The predicted octanol–water partition coefficient (Wildman–Crippen LogP) is 2.69. The molecule has 1 aromatic carbocycles. The van der Waals surface area contributed by atoms with Crippen molar-refractivity contribution in [1.82, 2.24) is 9.97 Å². The number of hydrogen-bond donors (Lipinski definition) is 1. The Kier molecular flexibility index (Phi) is 3.77. The SMILES string of the molecule is CCOc1ccccc1-c1cc(N)nc(CC)n1. The van der Waals surface area contributed by atoms with Gasteiger partial charge in [0.15, 0.2) is 0 Å². The molecule has 2 rings (SSSR count). The summed E-state index contributed by atoms with van der Waals surface area (Å²) in [4.78, 5) is 8.67. The number of anilines is 1. The zero-order chi connectivity index (χ0) is 13.0. The molecular formula is C14H17N3O. The Balaban J connectivity index is 2.50. The molecule has 18 heavy (non-hydrogen) atoms. The van der Waals surface area contributed by atoms with Crippen molar-refractivity contribution in [2.45, 2.75) is 20.3 Å². The minimum absolute atomic E-state index is 0.489. The van der Waals surface area contributed by atoms with Crippen LogP contribution in [0.2, 0.25) is 0 Å². The standard InChI is InChI=1S/C14H17N3O/c1-3-14-16-11(9-13(15)17-14)10-7-5-6-8-12(10)18-4-2/h5-9H,3-4H2,1-2H3,(H2,15,16,17). The fraction of sp³-hybridized carbons (Fsp3) is 0.286. The van der Waals surface area contributed by atoms with Crippen molar-refractivity contribution in [3.05, 3.63) is 36.2 Å². The molecule has 0 fully saturated rings. The first-order valence-electron chi connectivity index (χ1n) is 6.10. The quantitative estimate of drug-likeness (QED) is 0.896. The number of aromatic nitrogens is 2. The molecule has 0 aliphatic carbocycles. The number of nitrogens with two attached hydrogens (primary N) is 1. The number of aryl methyl sites for hydroxylation is 1. The summed E-state index contributed by atoms with van der Waals surface area (Å²) in [5.41, 5.74) is 7.56. The molecule has 2 N–H and O–H groups in total. The normalized spacial score (nSPS) is 10.3. The molecule has 0 saturated heterocycles. The third-order valence-corrected chi connectivity index (χ3v) is 2.57. The van der Waals surface area contributed by atoms with Gasteiger partial charge in [0, 0.05) is 18.1 Å². The lowest BCUT2D eigenvalue weighted by Gasteiger charge is -2.10. The van der Waals surface area contributed by atoms with E-state index >= 15 is 0 Å². The zero-order valence-electron chi connectivity index (χ0n) is 10.7. The molecule has 0 amide bonds. The molecule has 4 heteroatoms. The van der Waals surface area contributed by atoms with Gasteiger partial charge in [-0.05, 0) is 19.1 Å². The van der Waals surface area contributed by atoms with Crippen molar-refractivity contribution in [3.63, 3.8) is 0 Å². The Morgan fingerprint density at radius 1 is 1.17 bits per heavy atom. The average molecular weight is 243 g/mol. The summed E-state index contributed by atoms with van der Waals surface area (Å²) in [6.45, 7) is 4.59. The average Bonchev–Trinajstić information content (AvgIpc) is 2.39. The van der Waals surface area contributed by atoms with Crippen LogP contribution in [0.15, 0.2) is 30.3 Å². The van der Waals surface area contributed by atoms with E-state index in [1.54, 1.807) is 6.07 Å². The maximum Gasteiger partial charge on any atom is 0.131 e. The second-order valence-corrected chi connectivity index (χ2v) is 3.88. The molecule has 0 aliphatic heterocycles. The van der Waals surface area contributed by atoms with Gasteiger partial charge in [-0.2, -0.15) is 0 Å². The van der Waals surface area contributed by atoms with E-state index in [2.05, 4.69) is 9.97 Å². The highest BCUT2D eigenvalue weighted by molar-refractivity contribution is 5.68. The van der Waals surface area contributed by atoms with Crippen LogP contribution in [0.3, 0.4) is 0 Å². The maximum absolute atomic E-state index is 5.80. The van der Waals surface area contributed by atoms with Crippen molar-refractivity contribution >= 4 is 5.82 Å². The first kappa shape index (κ1) is 12.4. The minimum atomic E-state index is 0.489. The number of para-hydroxylation sites is 1. The van der Waals surface area contributed by atoms with Crippen LogP contribution in [0.25, 0.3) is 11.3 Å². The third-order valence-electron chi connectivity index (χ3n) is 2.57. The number of ether oxygens (including phenoxy) is 1. The van der Waals surface area contributed by atoms with E-state index in [4.69, 9.17) is 10.5 Å². The summed E-state index contributed by atoms with van der Waals surface area (Å²) in [6, 6.07) is 9.59. The van der Waals surface area contributed by atoms with Gasteiger partial charge in [-0.25, -0.2) is 9.97 Å². The highest BCUT2D eigenvalue weighted by atomic mass is 16.5. The monoisotopic (exact) mass is 243 g/mol. The van der Waals surface area contributed by atoms with Crippen molar-refractivity contribution < 1.29 is 4.74 Å². The number of benzene rings is 1. The third kappa shape index (κ3) is 2.59. The van der Waals surface area contributed by atoms with Gasteiger partial charge in [-0.3, -0.25) is 0 Å². The van der Waals surface area contributed by atoms with Crippen LogP contribution in [-0.4, -0.2) is 16.6 Å². The van der Waals surface area contributed by atoms with Crippen molar-refractivity contribution in [2.75, 3.05) is 12.3 Å². The predicted molar refractivity (Wildman–Crippen MR) is 72.4 cm³/mol. The van der Waals surface area contributed by atoms with E-state index in [9.17, 15) is 0 Å². The Morgan fingerprint density at radius 2 is 1.94 bits per heavy atom. The zero-order valence-corrected chi connectivity index (χ0v) is 10.7. The van der Waals surface area contributed by atoms with Gasteiger partial charge in [0.05, 0.1) is 12.3 Å². The lowest BCUT2D eigenvalue weighted by Crippen LogP contribution is -2.01. The van der Waals surface area contributed by atoms with Gasteiger partial charge >= 0.3 is 0 Å². The molecule has 4 nitrogen and oxygen atoms in total. The molecule has 0 aliphatic rings. The number of rotatable bonds is 4. The van der Waals surface area contributed by atoms with E-state index in [1.165, 1.54) is 0 Å². The Hall–Kier alpha value is -2.10. The van der Waals surface area contributed by atoms with Crippen molar-refractivity contribution in [3.8, 4) is 17.0 Å². The van der Waals surface area contributed by atoms with E-state index < -0.39 is 0 Å². The van der Waals surface area contributed by atoms with Gasteiger partial charge in [0.2, 0.25) is 0 Å². The molecule has 0 radical (unpaired) electrons. The lowest BCUT2D eigenvalue weighted by atomic mass is 10.1. The molecule has 0 saturated carbocycles. The molecule has 0 bridgehead atoms. The van der Waals surface area contributed by atoms with Gasteiger partial charge < -0.3 is 10.5 Å². The minimum Gasteiger partial charge on any atom is -0.493 e. The van der Waals surface area contributed by atoms with Gasteiger partial charge in [-0.15, -0.1) is 0 Å². The van der Waals surface area contributed by atoms with E-state index in [0.717, 1.165) is 29.3 Å². The summed E-state index contributed by atoms with van der Waals surface area (Å²) in [6.07, 6.45) is 0.759. The van der Waals surface area contributed by atoms with Gasteiger partial charge in [0.25, 0.3) is 0 Å². The molecule has 1 heterocycles. The summed E-state index contributed by atoms with van der Waals surface area (Å²) >= 11 is 0. The molecule has 1 aromatic heterocycles. The summed E-state index contributed by atoms with van der Waals surface area (Å²) in [5, 5.41) is 0. The first-order chi connectivity index (χ1) is 8.74. The largest absolute Gasteiger partial charge is 0.493 e. The van der Waals surface area contributed by atoms with Crippen LogP contribution >= 0.6 is 0 Å². The molecule has 0 atom stereocenters. The van der Waals surface area contributed by atoms with Gasteiger partial charge in [0.1, 0.15) is 17.4 Å². The highest BCUT2D eigenvalue weighted by Gasteiger charge is 2.09. The molecular weight excluding hydrogens is 226 g/mol. The summed E-state index contributed by atoms with van der Waals surface area (Å²) < 4.78 is 5.60. The van der Waals surface area contributed by atoms with Crippen molar-refractivity contribution in [1.29, 1.82) is 0 Å². The smallest absolute Gasteiger partial charge is 0.131 e. The van der Waals surface area contributed by atoms with E-state index in [0.29, 0.717) is 12.4 Å². The Morgan fingerprint density at radius 3 is 2.67 bits per heavy atom. The Bertz CT molecular complexity index is 540. The number of nitrogens with zero attached hydrogens (tertiary/aromatic N) is 2. The fourth-order valence-electron chi connectivity index (χ4n) is 1.77. The van der Waals surface area contributed by atoms with Crippen LogP contribution < -0.4 is 10.5 Å². The van der Waals surface area contributed by atoms with Gasteiger partial charge in [-0.1, -0.05) is 19.1 Å². The molecule has 94 valence electrons. The molecule has 0 unspecified atom stereocenters. The second-order valence-electron chi connectivity index (χ2n) is 3.88. The molecule has 0 spiro atoms. The van der Waals surface area contributed by atoms with Crippen molar-refractivity contribution in [2.24, 2.45) is 0 Å². The maximum atomic E-state index is 5.80. The molecule has 2 aromatic rings. The lowest BCUT2D eigenvalue weighted by molar-refractivity contribution is 0.341. The van der Waals surface area contributed by atoms with Crippen LogP contribution in [0.1, 0.15) is 19.7 Å². The second kappa shape index (κ2) is 5.49. The Labute approximate surface area is 107 Å². The van der Waals surface area contributed by atoms with Crippen LogP contribution in [-0.2, 0) is 6.42 Å². The summed E-state index contributed by atoms with van der Waals surface area (Å²) in [5.74, 6) is 2.06. The fourth-order valence-corrected chi connectivity index (χ4v) is 1.77. The van der Waals surface area contributed by atoms with Crippen LogP contribution in [0.5, 0.6) is 5.75 Å². The van der Waals surface area contributed by atoms with E-state index in [1.807, 2.05) is 38.1 Å². The summed E-state index contributed by atoms with van der Waals surface area (Å²) in [7, 11) is 0.